The number of aromatic carboxylic acids is 1. The molecule has 0 spiro atoms. The lowest BCUT2D eigenvalue weighted by Crippen LogP contribution is -2.17. The minimum absolute atomic E-state index is 0.0338. The predicted molar refractivity (Wildman–Crippen MR) is 41.3 cm³/mol. The van der Waals surface area contributed by atoms with Crippen LogP contribution in [0.25, 0.3) is 0 Å². The summed E-state index contributed by atoms with van der Waals surface area (Å²) in [6.45, 7) is -0.704. The quantitative estimate of drug-likeness (QED) is 0.484. The van der Waals surface area contributed by atoms with Crippen molar-refractivity contribution in [3.8, 4) is 0 Å². The molecule has 0 aliphatic carbocycles. The summed E-state index contributed by atoms with van der Waals surface area (Å²) in [7, 11) is 0. The molecule has 1 rings (SSSR count). The van der Waals surface area contributed by atoms with Gasteiger partial charge in [-0.05, 0) is 0 Å². The second kappa shape index (κ2) is 3.68. The highest BCUT2D eigenvalue weighted by Gasteiger charge is 2.13. The lowest BCUT2D eigenvalue weighted by molar-refractivity contribution is -0.118. The Morgan fingerprint density at radius 3 is 2.85 bits per heavy atom. The van der Waals surface area contributed by atoms with Gasteiger partial charge in [0.15, 0.2) is 5.69 Å². The summed E-state index contributed by atoms with van der Waals surface area (Å²) in [6, 6.07) is 0. The molecule has 1 aromatic rings. The van der Waals surface area contributed by atoms with Crippen molar-refractivity contribution in [2.75, 3.05) is 11.9 Å². The molecule has 4 N–H and O–H groups in total. The van der Waals surface area contributed by atoms with E-state index in [0.29, 0.717) is 0 Å². The molecular weight excluding hydrogens is 178 g/mol. The van der Waals surface area contributed by atoms with Gasteiger partial charge < -0.3 is 15.5 Å². The van der Waals surface area contributed by atoms with Crippen LogP contribution in [0.15, 0.2) is 6.20 Å². The average molecular weight is 185 g/mol. The number of aromatic amines is 1. The van der Waals surface area contributed by atoms with Gasteiger partial charge in [0.25, 0.3) is 0 Å². The van der Waals surface area contributed by atoms with E-state index in [-0.39, 0.29) is 11.4 Å². The third-order valence-electron chi connectivity index (χ3n) is 1.27. The normalized spacial score (nSPS) is 9.62. The first-order valence-corrected chi connectivity index (χ1v) is 3.32. The van der Waals surface area contributed by atoms with Crippen molar-refractivity contribution in [3.63, 3.8) is 0 Å². The number of carbonyl (C=O) groups is 2. The molecule has 0 saturated carbocycles. The molecule has 0 aliphatic rings. The Morgan fingerprint density at radius 2 is 2.31 bits per heavy atom. The van der Waals surface area contributed by atoms with E-state index in [1.165, 1.54) is 0 Å². The van der Waals surface area contributed by atoms with Gasteiger partial charge in [0.2, 0.25) is 5.91 Å². The van der Waals surface area contributed by atoms with E-state index < -0.39 is 18.5 Å². The number of H-pyrrole nitrogens is 1. The van der Waals surface area contributed by atoms with Crippen molar-refractivity contribution in [1.29, 1.82) is 0 Å². The van der Waals surface area contributed by atoms with Crippen molar-refractivity contribution < 1.29 is 19.8 Å². The number of carbonyl (C=O) groups excluding carboxylic acids is 1. The number of aliphatic hydroxyl groups excluding tert-OH is 1. The molecule has 0 bridgehead atoms. The first-order chi connectivity index (χ1) is 6.15. The number of nitrogens with zero attached hydrogens (tertiary/aromatic N) is 1. The first-order valence-electron chi connectivity index (χ1n) is 3.32. The molecule has 70 valence electrons. The molecule has 0 radical (unpaired) electrons. The number of hydrogen-bond acceptors (Lipinski definition) is 4. The number of anilines is 1. The number of carboxylic acid groups (broad SMARTS) is 1. The van der Waals surface area contributed by atoms with Crippen LogP contribution in [0.5, 0.6) is 0 Å². The number of carboxylic acids is 1. The highest BCUT2D eigenvalue weighted by Crippen LogP contribution is 2.10. The van der Waals surface area contributed by atoms with Gasteiger partial charge in [0.05, 0.1) is 11.9 Å². The smallest absolute Gasteiger partial charge is 0.356 e. The van der Waals surface area contributed by atoms with E-state index in [2.05, 4.69) is 15.5 Å². The number of rotatable bonds is 3. The fourth-order valence-corrected chi connectivity index (χ4v) is 0.734. The highest BCUT2D eigenvalue weighted by atomic mass is 16.4. The van der Waals surface area contributed by atoms with E-state index in [9.17, 15) is 9.59 Å². The van der Waals surface area contributed by atoms with Crippen molar-refractivity contribution in [2.45, 2.75) is 0 Å². The number of aromatic nitrogens is 2. The van der Waals surface area contributed by atoms with Gasteiger partial charge in [-0.2, -0.15) is 5.10 Å². The molecule has 7 nitrogen and oxygen atoms in total. The third-order valence-corrected chi connectivity index (χ3v) is 1.27. The minimum Gasteiger partial charge on any atom is -0.476 e. The van der Waals surface area contributed by atoms with Gasteiger partial charge in [0.1, 0.15) is 6.61 Å². The van der Waals surface area contributed by atoms with Crippen LogP contribution >= 0.6 is 0 Å². The van der Waals surface area contributed by atoms with Crippen LogP contribution < -0.4 is 5.32 Å². The van der Waals surface area contributed by atoms with Crippen LogP contribution in [0.2, 0.25) is 0 Å². The fourth-order valence-electron chi connectivity index (χ4n) is 0.734. The SMILES string of the molecule is O=C(CO)Nc1cn[nH]c1C(=O)O. The van der Waals surface area contributed by atoms with Gasteiger partial charge in [-0.1, -0.05) is 0 Å². The Hall–Kier alpha value is -1.89. The highest BCUT2D eigenvalue weighted by molar-refractivity contribution is 5.99. The molecule has 0 atom stereocenters. The van der Waals surface area contributed by atoms with E-state index in [4.69, 9.17) is 10.2 Å². The fraction of sp³-hybridized carbons (Fsp3) is 0.167. The van der Waals surface area contributed by atoms with E-state index in [0.717, 1.165) is 6.20 Å². The molecule has 0 unspecified atom stereocenters. The van der Waals surface area contributed by atoms with Crippen LogP contribution in [0, 0.1) is 0 Å². The van der Waals surface area contributed by atoms with E-state index >= 15 is 0 Å². The van der Waals surface area contributed by atoms with Gasteiger partial charge in [-0.3, -0.25) is 9.89 Å². The Kier molecular flexibility index (Phi) is 2.60. The van der Waals surface area contributed by atoms with Crippen molar-refractivity contribution in [2.24, 2.45) is 0 Å². The molecule has 7 heteroatoms. The molecule has 1 aromatic heterocycles. The molecule has 0 aromatic carbocycles. The summed E-state index contributed by atoms with van der Waals surface area (Å²) in [5.74, 6) is -1.92. The van der Waals surface area contributed by atoms with Crippen molar-refractivity contribution in [3.05, 3.63) is 11.9 Å². The minimum atomic E-state index is -1.23. The Bertz CT molecular complexity index is 332. The van der Waals surface area contributed by atoms with Gasteiger partial charge in [-0.15, -0.1) is 0 Å². The van der Waals surface area contributed by atoms with Crippen LogP contribution in [-0.4, -0.2) is 38.9 Å². The second-order valence-electron chi connectivity index (χ2n) is 2.17. The summed E-state index contributed by atoms with van der Waals surface area (Å²) in [5.41, 5.74) is -0.187. The summed E-state index contributed by atoms with van der Waals surface area (Å²) >= 11 is 0. The standard InChI is InChI=1S/C6H7N3O4/c10-2-4(11)8-3-1-7-9-5(3)6(12)13/h1,10H,2H2,(H,7,9)(H,8,11)(H,12,13). The molecular formula is C6H7N3O4. The monoisotopic (exact) mass is 185 g/mol. The molecule has 0 aliphatic heterocycles. The lowest BCUT2D eigenvalue weighted by Gasteiger charge is -1.99. The first kappa shape index (κ1) is 9.20. The van der Waals surface area contributed by atoms with E-state index in [1.54, 1.807) is 0 Å². The number of nitrogens with one attached hydrogen (secondary N) is 2. The molecule has 13 heavy (non-hydrogen) atoms. The zero-order valence-corrected chi connectivity index (χ0v) is 6.44. The second-order valence-corrected chi connectivity index (χ2v) is 2.17. The zero-order valence-electron chi connectivity index (χ0n) is 6.44. The van der Waals surface area contributed by atoms with Crippen molar-refractivity contribution >= 4 is 17.6 Å². The molecule has 0 fully saturated rings. The lowest BCUT2D eigenvalue weighted by atomic mass is 10.3. The third kappa shape index (κ3) is 2.03. The zero-order chi connectivity index (χ0) is 9.84. The molecule has 1 heterocycles. The van der Waals surface area contributed by atoms with Crippen LogP contribution in [0.4, 0.5) is 5.69 Å². The summed E-state index contributed by atoms with van der Waals surface area (Å²) in [5, 5.41) is 24.7. The summed E-state index contributed by atoms with van der Waals surface area (Å²) in [4.78, 5) is 21.1. The summed E-state index contributed by atoms with van der Waals surface area (Å²) in [6.07, 6.45) is 1.15. The number of aliphatic hydroxyl groups is 1. The average Bonchev–Trinajstić information content (AvgIpc) is 2.52. The number of amides is 1. The van der Waals surface area contributed by atoms with Gasteiger partial charge >= 0.3 is 5.97 Å². The van der Waals surface area contributed by atoms with E-state index in [1.807, 2.05) is 0 Å². The Morgan fingerprint density at radius 1 is 1.62 bits per heavy atom. The Balaban J connectivity index is 2.82. The maximum atomic E-state index is 10.7. The predicted octanol–water partition coefficient (Wildman–Crippen LogP) is -0.961. The number of hydrogen-bond donors (Lipinski definition) is 4. The Labute approximate surface area is 72.4 Å². The maximum Gasteiger partial charge on any atom is 0.356 e. The molecule has 0 saturated heterocycles. The summed E-state index contributed by atoms with van der Waals surface area (Å²) < 4.78 is 0. The van der Waals surface area contributed by atoms with Gasteiger partial charge in [0, 0.05) is 0 Å². The molecule has 1 amide bonds. The van der Waals surface area contributed by atoms with Crippen LogP contribution in [-0.2, 0) is 4.79 Å². The van der Waals surface area contributed by atoms with Crippen LogP contribution in [0.1, 0.15) is 10.5 Å². The van der Waals surface area contributed by atoms with Gasteiger partial charge in [-0.25, -0.2) is 4.79 Å². The van der Waals surface area contributed by atoms with Crippen molar-refractivity contribution in [1.82, 2.24) is 10.2 Å². The largest absolute Gasteiger partial charge is 0.476 e. The topological polar surface area (TPSA) is 115 Å². The maximum absolute atomic E-state index is 10.7. The van der Waals surface area contributed by atoms with Crippen LogP contribution in [0.3, 0.4) is 0 Å².